The number of nitrogens with zero attached hydrogens (tertiary/aromatic N) is 5. The van der Waals surface area contributed by atoms with Crippen molar-refractivity contribution in [3.8, 4) is 0 Å². The molecule has 1 aliphatic heterocycles. The number of aromatic nitrogens is 3. The highest BCUT2D eigenvalue weighted by Crippen LogP contribution is 2.23. The maximum Gasteiger partial charge on any atom is 0.414 e. The van der Waals surface area contributed by atoms with E-state index < -0.39 is 6.09 Å². The average molecular weight is 332 g/mol. The van der Waals surface area contributed by atoms with Gasteiger partial charge in [0.1, 0.15) is 0 Å². The van der Waals surface area contributed by atoms with Gasteiger partial charge in [0.15, 0.2) is 5.65 Å². The van der Waals surface area contributed by atoms with E-state index in [4.69, 9.17) is 4.74 Å². The Morgan fingerprint density at radius 1 is 1.46 bits per heavy atom. The number of carbonyl (C=O) groups excluding carboxylic acids is 1. The minimum absolute atomic E-state index is 0.243. The lowest BCUT2D eigenvalue weighted by molar-refractivity contribution is 0.167. The molecule has 0 saturated carbocycles. The quantitative estimate of drug-likeness (QED) is 0.921. The van der Waals surface area contributed by atoms with Gasteiger partial charge < -0.3 is 14.5 Å². The fourth-order valence-electron chi connectivity index (χ4n) is 2.99. The molecule has 3 heterocycles. The van der Waals surface area contributed by atoms with Crippen molar-refractivity contribution in [3.05, 3.63) is 18.3 Å². The van der Waals surface area contributed by atoms with Gasteiger partial charge in [-0.15, -0.1) is 5.10 Å². The number of carbonyl (C=O) groups is 1. The third kappa shape index (κ3) is 3.59. The molecule has 1 N–H and O–H groups in total. The van der Waals surface area contributed by atoms with E-state index in [1.807, 2.05) is 18.3 Å². The third-order valence-electron chi connectivity index (χ3n) is 4.45. The molecule has 0 bridgehead atoms. The van der Waals surface area contributed by atoms with Crippen LogP contribution in [0, 0.1) is 0 Å². The van der Waals surface area contributed by atoms with E-state index in [-0.39, 0.29) is 5.95 Å². The maximum atomic E-state index is 11.5. The van der Waals surface area contributed by atoms with Crippen LogP contribution in [0.5, 0.6) is 0 Å². The van der Waals surface area contributed by atoms with E-state index in [0.717, 1.165) is 31.6 Å². The molecule has 0 atom stereocenters. The smallest absolute Gasteiger partial charge is 0.414 e. The van der Waals surface area contributed by atoms with E-state index in [9.17, 15) is 4.79 Å². The van der Waals surface area contributed by atoms with Gasteiger partial charge in [-0.05, 0) is 46.0 Å². The minimum atomic E-state index is -0.544. The number of pyridine rings is 1. The predicted octanol–water partition coefficient (Wildman–Crippen LogP) is 1.83. The molecule has 24 heavy (non-hydrogen) atoms. The standard InChI is InChI=1S/C16H24N6O2/c1-4-24-16(23)18-15-17-14-11-13(7-10-22(14)19-15)21(3)12-5-8-20(2)9-6-12/h7,10-12H,4-6,8-9H2,1-3H3,(H,18,19,23). The molecule has 0 unspecified atom stereocenters. The number of anilines is 2. The molecule has 1 amide bonds. The van der Waals surface area contributed by atoms with Gasteiger partial charge in [0.2, 0.25) is 0 Å². The van der Waals surface area contributed by atoms with Gasteiger partial charge in [-0.2, -0.15) is 4.98 Å². The number of hydrogen-bond acceptors (Lipinski definition) is 6. The molecule has 8 heteroatoms. The number of fused-ring (bicyclic) bond motifs is 1. The zero-order chi connectivity index (χ0) is 17.1. The Hall–Kier alpha value is -2.35. The van der Waals surface area contributed by atoms with Crippen molar-refractivity contribution in [2.75, 3.05) is 44.0 Å². The molecule has 0 radical (unpaired) electrons. The van der Waals surface area contributed by atoms with Gasteiger partial charge in [0, 0.05) is 31.0 Å². The molecule has 0 aliphatic carbocycles. The number of ether oxygens (including phenoxy) is 1. The summed E-state index contributed by atoms with van der Waals surface area (Å²) in [5.41, 5.74) is 1.80. The lowest BCUT2D eigenvalue weighted by Crippen LogP contribution is -2.42. The van der Waals surface area contributed by atoms with Crippen LogP contribution in [0.3, 0.4) is 0 Å². The summed E-state index contributed by atoms with van der Waals surface area (Å²) in [6, 6.07) is 4.54. The first-order valence-electron chi connectivity index (χ1n) is 8.28. The zero-order valence-electron chi connectivity index (χ0n) is 14.4. The molecule has 2 aromatic heterocycles. The van der Waals surface area contributed by atoms with Crippen LogP contribution in [0.25, 0.3) is 5.65 Å². The van der Waals surface area contributed by atoms with Crippen LogP contribution < -0.4 is 10.2 Å². The second-order valence-corrected chi connectivity index (χ2v) is 6.11. The molecule has 0 aromatic carbocycles. The number of rotatable bonds is 4. The lowest BCUT2D eigenvalue weighted by atomic mass is 10.0. The summed E-state index contributed by atoms with van der Waals surface area (Å²) in [7, 11) is 4.28. The second-order valence-electron chi connectivity index (χ2n) is 6.11. The van der Waals surface area contributed by atoms with Crippen molar-refractivity contribution >= 4 is 23.4 Å². The third-order valence-corrected chi connectivity index (χ3v) is 4.45. The Bertz CT molecular complexity index is 708. The number of likely N-dealkylation sites (tertiary alicyclic amines) is 1. The van der Waals surface area contributed by atoms with Crippen LogP contribution in [-0.2, 0) is 4.74 Å². The van der Waals surface area contributed by atoms with Crippen LogP contribution in [-0.4, -0.2) is 65.4 Å². The van der Waals surface area contributed by atoms with Gasteiger partial charge in [-0.3, -0.25) is 5.32 Å². The summed E-state index contributed by atoms with van der Waals surface area (Å²) in [5.74, 6) is 0.243. The highest BCUT2D eigenvalue weighted by Gasteiger charge is 2.21. The molecular weight excluding hydrogens is 308 g/mol. The topological polar surface area (TPSA) is 75.0 Å². The van der Waals surface area contributed by atoms with Crippen LogP contribution >= 0.6 is 0 Å². The fraction of sp³-hybridized carbons (Fsp3) is 0.562. The number of nitrogens with one attached hydrogen (secondary N) is 1. The monoisotopic (exact) mass is 332 g/mol. The van der Waals surface area contributed by atoms with Gasteiger partial charge in [-0.1, -0.05) is 0 Å². The van der Waals surface area contributed by atoms with Gasteiger partial charge in [-0.25, -0.2) is 9.31 Å². The molecule has 0 spiro atoms. The first-order valence-corrected chi connectivity index (χ1v) is 8.28. The molecule has 8 nitrogen and oxygen atoms in total. The largest absolute Gasteiger partial charge is 0.450 e. The zero-order valence-corrected chi connectivity index (χ0v) is 14.4. The summed E-state index contributed by atoms with van der Waals surface area (Å²) in [6.07, 6.45) is 3.62. The summed E-state index contributed by atoms with van der Waals surface area (Å²) < 4.78 is 6.49. The predicted molar refractivity (Wildman–Crippen MR) is 92.6 cm³/mol. The van der Waals surface area contributed by atoms with Crippen molar-refractivity contribution in [1.29, 1.82) is 0 Å². The van der Waals surface area contributed by atoms with Crippen molar-refractivity contribution in [2.24, 2.45) is 0 Å². The second kappa shape index (κ2) is 7.04. The number of amides is 1. The summed E-state index contributed by atoms with van der Waals surface area (Å²) >= 11 is 0. The van der Waals surface area contributed by atoms with E-state index in [0.29, 0.717) is 18.3 Å². The maximum absolute atomic E-state index is 11.5. The van der Waals surface area contributed by atoms with Crippen LogP contribution in [0.2, 0.25) is 0 Å². The van der Waals surface area contributed by atoms with Crippen LogP contribution in [0.4, 0.5) is 16.4 Å². The van der Waals surface area contributed by atoms with Crippen molar-refractivity contribution in [2.45, 2.75) is 25.8 Å². The molecule has 1 saturated heterocycles. The van der Waals surface area contributed by atoms with Crippen molar-refractivity contribution < 1.29 is 9.53 Å². The lowest BCUT2D eigenvalue weighted by Gasteiger charge is -2.36. The average Bonchev–Trinajstić information content (AvgIpc) is 2.96. The number of piperidine rings is 1. The van der Waals surface area contributed by atoms with Crippen LogP contribution in [0.1, 0.15) is 19.8 Å². The Morgan fingerprint density at radius 2 is 2.21 bits per heavy atom. The molecule has 130 valence electrons. The molecule has 1 fully saturated rings. The Balaban J connectivity index is 1.74. The van der Waals surface area contributed by atoms with E-state index in [1.54, 1.807) is 11.4 Å². The van der Waals surface area contributed by atoms with Gasteiger partial charge >= 0.3 is 6.09 Å². The minimum Gasteiger partial charge on any atom is -0.450 e. The number of hydrogen-bond donors (Lipinski definition) is 1. The van der Waals surface area contributed by atoms with Gasteiger partial charge in [0.05, 0.1) is 6.61 Å². The van der Waals surface area contributed by atoms with Crippen LogP contribution in [0.15, 0.2) is 18.3 Å². The normalized spacial score (nSPS) is 16.3. The SMILES string of the molecule is CCOC(=O)Nc1nc2cc(N(C)C3CCN(C)CC3)ccn2n1. The van der Waals surface area contributed by atoms with E-state index in [1.165, 1.54) is 0 Å². The summed E-state index contributed by atoms with van der Waals surface area (Å²) in [4.78, 5) is 20.5. The first kappa shape index (κ1) is 16.5. The summed E-state index contributed by atoms with van der Waals surface area (Å²) in [5, 5.41) is 6.75. The molecule has 2 aromatic rings. The Morgan fingerprint density at radius 3 is 2.92 bits per heavy atom. The summed E-state index contributed by atoms with van der Waals surface area (Å²) in [6.45, 7) is 4.30. The Kier molecular flexibility index (Phi) is 4.84. The van der Waals surface area contributed by atoms with Crippen molar-refractivity contribution in [3.63, 3.8) is 0 Å². The van der Waals surface area contributed by atoms with Crippen molar-refractivity contribution in [1.82, 2.24) is 19.5 Å². The highest BCUT2D eigenvalue weighted by atomic mass is 16.5. The first-order chi connectivity index (χ1) is 11.6. The van der Waals surface area contributed by atoms with E-state index >= 15 is 0 Å². The Labute approximate surface area is 141 Å². The van der Waals surface area contributed by atoms with E-state index in [2.05, 4.69) is 39.3 Å². The molecule has 1 aliphatic rings. The van der Waals surface area contributed by atoms with Gasteiger partial charge in [0.25, 0.3) is 5.95 Å². The molecular formula is C16H24N6O2. The highest BCUT2D eigenvalue weighted by molar-refractivity contribution is 5.82. The molecule has 3 rings (SSSR count). The fourth-order valence-corrected chi connectivity index (χ4v) is 2.99.